The molecule has 0 spiro atoms. The number of esters is 1. The summed E-state index contributed by atoms with van der Waals surface area (Å²) in [7, 11) is 1.33. The number of benzene rings is 1. The third-order valence-corrected chi connectivity index (χ3v) is 2.06. The molecule has 0 bridgehead atoms. The molecule has 1 aromatic carbocycles. The van der Waals surface area contributed by atoms with Crippen LogP contribution in [0.3, 0.4) is 0 Å². The molecule has 0 aliphatic heterocycles. The smallest absolute Gasteiger partial charge is 0.337 e. The van der Waals surface area contributed by atoms with Crippen LogP contribution in [0.2, 0.25) is 0 Å². The highest BCUT2D eigenvalue weighted by molar-refractivity contribution is 5.89. The molecule has 0 heterocycles. The fourth-order valence-electron chi connectivity index (χ4n) is 1.17. The van der Waals surface area contributed by atoms with Gasteiger partial charge in [0, 0.05) is 0 Å². The summed E-state index contributed by atoms with van der Waals surface area (Å²) in [5, 5.41) is 0. The lowest BCUT2D eigenvalue weighted by molar-refractivity contribution is 0.0600. The minimum Gasteiger partial charge on any atom is -0.465 e. The van der Waals surface area contributed by atoms with E-state index in [9.17, 15) is 9.59 Å². The molecular formula is C11H11NO3. The number of ether oxygens (including phenoxy) is 1. The number of nitrogens with zero attached hydrogens (tertiary/aromatic N) is 1. The maximum Gasteiger partial charge on any atom is 0.337 e. The van der Waals surface area contributed by atoms with E-state index in [1.54, 1.807) is 31.2 Å². The number of carbonyl (C=O) groups is 1. The second-order valence-corrected chi connectivity index (χ2v) is 3.01. The molecule has 1 unspecified atom stereocenters. The van der Waals surface area contributed by atoms with Crippen LogP contribution in [0, 0.1) is 0 Å². The molecular weight excluding hydrogens is 194 g/mol. The van der Waals surface area contributed by atoms with Crippen LogP contribution in [0.5, 0.6) is 0 Å². The maximum atomic E-state index is 11.1. The van der Waals surface area contributed by atoms with E-state index in [2.05, 4.69) is 9.73 Å². The van der Waals surface area contributed by atoms with Crippen molar-refractivity contribution in [2.24, 2.45) is 4.99 Å². The first-order valence-corrected chi connectivity index (χ1v) is 4.44. The summed E-state index contributed by atoms with van der Waals surface area (Å²) in [6, 6.07) is 6.50. The Morgan fingerprint density at radius 2 is 2.00 bits per heavy atom. The molecule has 0 aliphatic rings. The predicted molar refractivity (Wildman–Crippen MR) is 54.3 cm³/mol. The lowest BCUT2D eigenvalue weighted by atomic mass is 10.1. The van der Waals surface area contributed by atoms with Gasteiger partial charge in [0.1, 0.15) is 0 Å². The monoisotopic (exact) mass is 205 g/mol. The molecule has 0 saturated heterocycles. The van der Waals surface area contributed by atoms with E-state index in [0.717, 1.165) is 5.56 Å². The van der Waals surface area contributed by atoms with Gasteiger partial charge in [-0.1, -0.05) is 12.1 Å². The Morgan fingerprint density at radius 1 is 1.40 bits per heavy atom. The molecule has 1 rings (SSSR count). The summed E-state index contributed by atoms with van der Waals surface area (Å²) >= 11 is 0. The van der Waals surface area contributed by atoms with Crippen LogP contribution in [0.25, 0.3) is 0 Å². The number of rotatable bonds is 3. The quantitative estimate of drug-likeness (QED) is 0.430. The summed E-state index contributed by atoms with van der Waals surface area (Å²) < 4.78 is 4.56. The molecule has 4 nitrogen and oxygen atoms in total. The fourth-order valence-corrected chi connectivity index (χ4v) is 1.17. The van der Waals surface area contributed by atoms with E-state index < -0.39 is 0 Å². The van der Waals surface area contributed by atoms with E-state index in [1.807, 2.05) is 0 Å². The summed E-state index contributed by atoms with van der Waals surface area (Å²) in [6.07, 6.45) is 1.50. The zero-order chi connectivity index (χ0) is 11.3. The number of isocyanates is 1. The maximum absolute atomic E-state index is 11.1. The molecule has 0 aliphatic carbocycles. The van der Waals surface area contributed by atoms with Crippen molar-refractivity contribution in [1.82, 2.24) is 0 Å². The number of hydrogen-bond donors (Lipinski definition) is 0. The van der Waals surface area contributed by atoms with Crippen LogP contribution in [0.15, 0.2) is 29.3 Å². The van der Waals surface area contributed by atoms with E-state index in [4.69, 9.17) is 0 Å². The Hall–Kier alpha value is -1.93. The highest BCUT2D eigenvalue weighted by Gasteiger charge is 2.07. The van der Waals surface area contributed by atoms with E-state index in [-0.39, 0.29) is 12.0 Å². The van der Waals surface area contributed by atoms with Gasteiger partial charge < -0.3 is 4.74 Å². The van der Waals surface area contributed by atoms with E-state index in [1.165, 1.54) is 13.2 Å². The van der Waals surface area contributed by atoms with Gasteiger partial charge in [-0.05, 0) is 24.6 Å². The molecule has 0 saturated carbocycles. The van der Waals surface area contributed by atoms with Gasteiger partial charge >= 0.3 is 5.97 Å². The topological polar surface area (TPSA) is 55.7 Å². The van der Waals surface area contributed by atoms with Crippen LogP contribution in [0.1, 0.15) is 28.9 Å². The van der Waals surface area contributed by atoms with Crippen molar-refractivity contribution in [3.8, 4) is 0 Å². The van der Waals surface area contributed by atoms with Crippen molar-refractivity contribution < 1.29 is 14.3 Å². The minimum absolute atomic E-state index is 0.241. The predicted octanol–water partition coefficient (Wildman–Crippen LogP) is 1.87. The molecule has 0 amide bonds. The summed E-state index contributed by atoms with van der Waals surface area (Å²) in [4.78, 5) is 24.7. The van der Waals surface area contributed by atoms with Crippen LogP contribution in [0.4, 0.5) is 0 Å². The summed E-state index contributed by atoms with van der Waals surface area (Å²) in [5.41, 5.74) is 1.33. The second-order valence-electron chi connectivity index (χ2n) is 3.01. The van der Waals surface area contributed by atoms with Crippen LogP contribution in [-0.2, 0) is 9.53 Å². The van der Waals surface area contributed by atoms with Crippen molar-refractivity contribution in [3.05, 3.63) is 35.4 Å². The fraction of sp³-hybridized carbons (Fsp3) is 0.273. The minimum atomic E-state index is -0.381. The van der Waals surface area contributed by atoms with Gasteiger partial charge in [0.2, 0.25) is 6.08 Å². The first-order chi connectivity index (χ1) is 7.19. The number of carbonyl (C=O) groups excluding carboxylic acids is 2. The summed E-state index contributed by atoms with van der Waals surface area (Å²) in [6.45, 7) is 1.78. The van der Waals surface area contributed by atoms with Gasteiger partial charge in [-0.25, -0.2) is 9.59 Å². The lowest BCUT2D eigenvalue weighted by Crippen LogP contribution is -2.01. The van der Waals surface area contributed by atoms with Crippen molar-refractivity contribution >= 4 is 12.0 Å². The Kier molecular flexibility index (Phi) is 3.77. The average Bonchev–Trinajstić information content (AvgIpc) is 2.28. The van der Waals surface area contributed by atoms with Crippen molar-refractivity contribution in [1.29, 1.82) is 0 Å². The molecule has 1 atom stereocenters. The van der Waals surface area contributed by atoms with Gasteiger partial charge in [-0.15, -0.1) is 0 Å². The molecule has 0 N–H and O–H groups in total. The zero-order valence-corrected chi connectivity index (χ0v) is 8.56. The molecule has 0 radical (unpaired) electrons. The molecule has 0 fully saturated rings. The number of aliphatic imine (C=N–C) groups is 1. The molecule has 1 aromatic rings. The van der Waals surface area contributed by atoms with Crippen LogP contribution < -0.4 is 0 Å². The average molecular weight is 205 g/mol. The van der Waals surface area contributed by atoms with Gasteiger partial charge in [0.05, 0.1) is 18.7 Å². The molecule has 78 valence electrons. The highest BCUT2D eigenvalue weighted by Crippen LogP contribution is 2.16. The van der Waals surface area contributed by atoms with Crippen molar-refractivity contribution in [2.75, 3.05) is 7.11 Å². The van der Waals surface area contributed by atoms with Crippen LogP contribution >= 0.6 is 0 Å². The van der Waals surface area contributed by atoms with Crippen LogP contribution in [-0.4, -0.2) is 19.2 Å². The standard InChI is InChI=1S/C11H11NO3/c1-8(12-7-13)9-3-5-10(6-4-9)11(14)15-2/h3-6,8H,1-2H3. The third kappa shape index (κ3) is 2.76. The zero-order valence-electron chi connectivity index (χ0n) is 8.56. The molecule has 15 heavy (non-hydrogen) atoms. The Balaban J connectivity index is 2.89. The molecule has 0 aromatic heterocycles. The highest BCUT2D eigenvalue weighted by atomic mass is 16.5. The molecule has 4 heteroatoms. The van der Waals surface area contributed by atoms with E-state index >= 15 is 0 Å². The van der Waals surface area contributed by atoms with E-state index in [0.29, 0.717) is 5.56 Å². The number of hydrogen-bond acceptors (Lipinski definition) is 4. The number of methoxy groups -OCH3 is 1. The Bertz CT molecular complexity index is 391. The van der Waals surface area contributed by atoms with Gasteiger partial charge in [0.25, 0.3) is 0 Å². The van der Waals surface area contributed by atoms with Gasteiger partial charge in [0.15, 0.2) is 0 Å². The first-order valence-electron chi connectivity index (χ1n) is 4.44. The van der Waals surface area contributed by atoms with Crippen molar-refractivity contribution in [3.63, 3.8) is 0 Å². The summed E-state index contributed by atoms with van der Waals surface area (Å²) in [5.74, 6) is -0.381. The normalized spacial score (nSPS) is 11.3. The Labute approximate surface area is 87.6 Å². The third-order valence-electron chi connectivity index (χ3n) is 2.06. The van der Waals surface area contributed by atoms with Crippen molar-refractivity contribution in [2.45, 2.75) is 13.0 Å². The van der Waals surface area contributed by atoms with Gasteiger partial charge in [-0.3, -0.25) is 0 Å². The van der Waals surface area contributed by atoms with Gasteiger partial charge in [-0.2, -0.15) is 4.99 Å². The first kappa shape index (κ1) is 11.1. The second kappa shape index (κ2) is 5.08. The largest absolute Gasteiger partial charge is 0.465 e. The SMILES string of the molecule is COC(=O)c1ccc(C(C)N=C=O)cc1. The lowest BCUT2D eigenvalue weighted by Gasteiger charge is -2.05. The Morgan fingerprint density at radius 3 is 2.47 bits per heavy atom.